The first-order valence-corrected chi connectivity index (χ1v) is 10.5. The van der Waals surface area contributed by atoms with Crippen molar-refractivity contribution in [2.75, 3.05) is 0 Å². The molecule has 1 N–H and O–H groups in total. The maximum Gasteiger partial charge on any atom is 0.149 e. The van der Waals surface area contributed by atoms with E-state index < -0.39 is 0 Å². The van der Waals surface area contributed by atoms with Gasteiger partial charge in [-0.05, 0) is 35.2 Å². The smallest absolute Gasteiger partial charge is 0.149 e. The fourth-order valence-corrected chi connectivity index (χ4v) is 4.57. The van der Waals surface area contributed by atoms with Crippen LogP contribution in [0.3, 0.4) is 0 Å². The number of pyridine rings is 1. The molecule has 0 bridgehead atoms. The number of hydrogen-bond donors (Lipinski definition) is 1. The summed E-state index contributed by atoms with van der Waals surface area (Å²) < 4.78 is 8.41. The summed E-state index contributed by atoms with van der Waals surface area (Å²) in [5, 5.41) is 14.8. The van der Waals surface area contributed by atoms with Crippen molar-refractivity contribution in [3.63, 3.8) is 0 Å². The first kappa shape index (κ1) is 18.0. The fourth-order valence-electron chi connectivity index (χ4n) is 4.57. The van der Waals surface area contributed by atoms with Crippen LogP contribution in [0.15, 0.2) is 77.3 Å². The number of nitrogens with zero attached hydrogens (tertiary/aromatic N) is 2. The number of phenolic OH excluding ortho intramolecular Hbond substituents is 1. The lowest BCUT2D eigenvalue weighted by Gasteiger charge is -2.20. The van der Waals surface area contributed by atoms with Crippen LogP contribution < -0.4 is 0 Å². The minimum Gasteiger partial charge on any atom is -0.507 e. The number of benzene rings is 3. The van der Waals surface area contributed by atoms with Crippen LogP contribution in [0.1, 0.15) is 26.3 Å². The molecule has 0 saturated heterocycles. The Labute approximate surface area is 179 Å². The van der Waals surface area contributed by atoms with E-state index in [2.05, 4.69) is 49.6 Å². The van der Waals surface area contributed by atoms with Crippen LogP contribution in [-0.2, 0) is 5.41 Å². The fraction of sp³-hybridized carbons (Fsp3) is 0.148. The van der Waals surface area contributed by atoms with E-state index in [1.807, 2.05) is 48.7 Å². The zero-order chi connectivity index (χ0) is 21.3. The molecule has 0 aliphatic heterocycles. The van der Waals surface area contributed by atoms with Crippen molar-refractivity contribution < 1.29 is 9.52 Å². The van der Waals surface area contributed by atoms with Gasteiger partial charge in [0.1, 0.15) is 22.7 Å². The van der Waals surface area contributed by atoms with E-state index >= 15 is 0 Å². The SMILES string of the molecule is CC(C)(C)c1ccnc(-n2c3ccccc3c3c4oc5ccccc5c4c(O)cc32)c1. The molecule has 4 nitrogen and oxygen atoms in total. The van der Waals surface area contributed by atoms with Crippen LogP contribution in [0, 0.1) is 0 Å². The van der Waals surface area contributed by atoms with Gasteiger partial charge in [-0.3, -0.25) is 4.57 Å². The van der Waals surface area contributed by atoms with Crippen molar-refractivity contribution in [2.45, 2.75) is 26.2 Å². The number of rotatable bonds is 1. The zero-order valence-corrected chi connectivity index (χ0v) is 17.7. The molecule has 0 radical (unpaired) electrons. The second-order valence-electron chi connectivity index (χ2n) is 9.10. The Kier molecular flexibility index (Phi) is 3.55. The third-order valence-electron chi connectivity index (χ3n) is 6.10. The van der Waals surface area contributed by atoms with Gasteiger partial charge in [0.2, 0.25) is 0 Å². The number of phenols is 1. The number of hydrogen-bond acceptors (Lipinski definition) is 3. The van der Waals surface area contributed by atoms with Gasteiger partial charge in [-0.2, -0.15) is 0 Å². The lowest BCUT2D eigenvalue weighted by atomic mass is 9.88. The van der Waals surface area contributed by atoms with Crippen LogP contribution in [0.25, 0.3) is 49.6 Å². The summed E-state index contributed by atoms with van der Waals surface area (Å²) in [5.41, 5.74) is 4.60. The highest BCUT2D eigenvalue weighted by Crippen LogP contribution is 2.44. The van der Waals surface area contributed by atoms with Gasteiger partial charge in [-0.1, -0.05) is 57.2 Å². The van der Waals surface area contributed by atoms with Gasteiger partial charge in [-0.15, -0.1) is 0 Å². The molecule has 0 aliphatic carbocycles. The lowest BCUT2D eigenvalue weighted by Crippen LogP contribution is -2.12. The number of para-hydroxylation sites is 2. The van der Waals surface area contributed by atoms with E-state index in [0.717, 1.165) is 44.0 Å². The van der Waals surface area contributed by atoms with Crippen LogP contribution in [0.2, 0.25) is 0 Å². The van der Waals surface area contributed by atoms with Gasteiger partial charge in [-0.25, -0.2) is 4.98 Å². The summed E-state index contributed by atoms with van der Waals surface area (Å²) in [6.07, 6.45) is 1.86. The average molecular weight is 406 g/mol. The summed E-state index contributed by atoms with van der Waals surface area (Å²) >= 11 is 0. The van der Waals surface area contributed by atoms with Crippen molar-refractivity contribution in [1.29, 1.82) is 0 Å². The van der Waals surface area contributed by atoms with E-state index in [9.17, 15) is 5.11 Å². The highest BCUT2D eigenvalue weighted by molar-refractivity contribution is 6.25. The molecule has 0 saturated carbocycles. The molecule has 6 rings (SSSR count). The van der Waals surface area contributed by atoms with Gasteiger partial charge in [0.05, 0.1) is 21.8 Å². The zero-order valence-electron chi connectivity index (χ0n) is 17.7. The third-order valence-corrected chi connectivity index (χ3v) is 6.10. The molecule has 0 unspecified atom stereocenters. The summed E-state index contributed by atoms with van der Waals surface area (Å²) in [6.45, 7) is 6.59. The highest BCUT2D eigenvalue weighted by atomic mass is 16.3. The first-order valence-electron chi connectivity index (χ1n) is 10.5. The quantitative estimate of drug-likeness (QED) is 0.317. The molecule has 0 spiro atoms. The molecule has 3 heterocycles. The number of aromatic nitrogens is 2. The van der Waals surface area contributed by atoms with Gasteiger partial charge in [0, 0.05) is 23.0 Å². The Morgan fingerprint density at radius 3 is 2.39 bits per heavy atom. The van der Waals surface area contributed by atoms with Crippen LogP contribution in [-0.4, -0.2) is 14.7 Å². The Morgan fingerprint density at radius 1 is 0.839 bits per heavy atom. The molecule has 152 valence electrons. The van der Waals surface area contributed by atoms with E-state index in [1.165, 1.54) is 5.56 Å². The second-order valence-corrected chi connectivity index (χ2v) is 9.10. The van der Waals surface area contributed by atoms with Crippen molar-refractivity contribution in [3.05, 3.63) is 78.5 Å². The largest absolute Gasteiger partial charge is 0.507 e. The van der Waals surface area contributed by atoms with Crippen LogP contribution in [0.5, 0.6) is 5.75 Å². The van der Waals surface area contributed by atoms with Crippen molar-refractivity contribution >= 4 is 43.7 Å². The number of aromatic hydroxyl groups is 1. The number of furan rings is 1. The third kappa shape index (κ3) is 2.51. The molecule has 0 fully saturated rings. The summed E-state index contributed by atoms with van der Waals surface area (Å²) in [5.74, 6) is 1.04. The Hall–Kier alpha value is -3.79. The molecule has 31 heavy (non-hydrogen) atoms. The monoisotopic (exact) mass is 406 g/mol. The van der Waals surface area contributed by atoms with E-state index in [1.54, 1.807) is 0 Å². The molecule has 0 amide bonds. The van der Waals surface area contributed by atoms with Crippen molar-refractivity contribution in [1.82, 2.24) is 9.55 Å². The summed E-state index contributed by atoms with van der Waals surface area (Å²) in [4.78, 5) is 4.70. The molecular formula is C27H22N2O2. The van der Waals surface area contributed by atoms with Gasteiger partial charge >= 0.3 is 0 Å². The molecule has 3 aromatic heterocycles. The van der Waals surface area contributed by atoms with Gasteiger partial charge in [0.25, 0.3) is 0 Å². The maximum atomic E-state index is 11.0. The summed E-state index contributed by atoms with van der Waals surface area (Å²) in [6, 6.07) is 22.1. The van der Waals surface area contributed by atoms with Crippen molar-refractivity contribution in [2.24, 2.45) is 0 Å². The molecule has 0 atom stereocenters. The minimum atomic E-state index is 0.00455. The molecular weight excluding hydrogens is 384 g/mol. The molecule has 6 aromatic rings. The highest BCUT2D eigenvalue weighted by Gasteiger charge is 2.22. The predicted octanol–water partition coefficient (Wildman–Crippen LogP) is 7.08. The Bertz CT molecular complexity index is 1630. The number of fused-ring (bicyclic) bond motifs is 7. The molecule has 0 aliphatic rings. The van der Waals surface area contributed by atoms with E-state index in [0.29, 0.717) is 5.58 Å². The Balaban J connectivity index is 1.81. The lowest BCUT2D eigenvalue weighted by molar-refractivity contribution is 0.482. The standard InChI is InChI=1S/C27H22N2O2/c1-27(2,3)16-12-13-28-23(14-16)29-19-10-6-4-8-17(19)24-20(29)15-21(30)25-18-9-5-7-11-22(18)31-26(24)25/h4-15,30H,1-3H3. The van der Waals surface area contributed by atoms with Gasteiger partial charge < -0.3 is 9.52 Å². The van der Waals surface area contributed by atoms with E-state index in [4.69, 9.17) is 9.40 Å². The topological polar surface area (TPSA) is 51.2 Å². The Morgan fingerprint density at radius 2 is 1.58 bits per heavy atom. The molecule has 3 aromatic carbocycles. The first-order chi connectivity index (χ1) is 14.9. The van der Waals surface area contributed by atoms with Crippen LogP contribution >= 0.6 is 0 Å². The summed E-state index contributed by atoms with van der Waals surface area (Å²) in [7, 11) is 0. The molecule has 4 heteroatoms. The van der Waals surface area contributed by atoms with E-state index in [-0.39, 0.29) is 11.2 Å². The van der Waals surface area contributed by atoms with Crippen LogP contribution in [0.4, 0.5) is 0 Å². The van der Waals surface area contributed by atoms with Gasteiger partial charge in [0.15, 0.2) is 0 Å². The van der Waals surface area contributed by atoms with Crippen molar-refractivity contribution in [3.8, 4) is 11.6 Å². The minimum absolute atomic E-state index is 0.00455. The normalized spacial score (nSPS) is 12.5. The average Bonchev–Trinajstić information content (AvgIpc) is 3.29. The predicted molar refractivity (Wildman–Crippen MR) is 126 cm³/mol. The maximum absolute atomic E-state index is 11.0. The second kappa shape index (κ2) is 6.11.